The van der Waals surface area contributed by atoms with Crippen molar-refractivity contribution >= 4 is 34.7 Å². The summed E-state index contributed by atoms with van der Waals surface area (Å²) in [5.74, 6) is 1.24. The van der Waals surface area contributed by atoms with Crippen LogP contribution in [0, 0.1) is 6.92 Å². The van der Waals surface area contributed by atoms with Crippen LogP contribution in [0.2, 0.25) is 5.02 Å². The Balaban J connectivity index is 1.75. The van der Waals surface area contributed by atoms with E-state index in [1.165, 1.54) is 0 Å². The Labute approximate surface area is 167 Å². The molecule has 1 amide bonds. The highest BCUT2D eigenvalue weighted by molar-refractivity contribution is 6.31. The fourth-order valence-corrected chi connectivity index (χ4v) is 2.71. The zero-order valence-corrected chi connectivity index (χ0v) is 16.4. The fourth-order valence-electron chi connectivity index (χ4n) is 2.54. The molecule has 0 aliphatic rings. The Morgan fingerprint density at radius 2 is 1.64 bits per heavy atom. The molecule has 0 spiro atoms. The third-order valence-electron chi connectivity index (χ3n) is 3.92. The molecule has 28 heavy (non-hydrogen) atoms. The highest BCUT2D eigenvalue weighted by Crippen LogP contribution is 2.30. The van der Waals surface area contributed by atoms with E-state index in [9.17, 15) is 4.79 Å². The number of carbonyl (C=O) groups is 1. The van der Waals surface area contributed by atoms with Gasteiger partial charge in [-0.1, -0.05) is 17.7 Å². The van der Waals surface area contributed by atoms with Crippen LogP contribution in [0.15, 0.2) is 48.5 Å². The van der Waals surface area contributed by atoms with Gasteiger partial charge in [0.2, 0.25) is 0 Å². The first-order valence-corrected chi connectivity index (χ1v) is 8.78. The van der Waals surface area contributed by atoms with Gasteiger partial charge in [0, 0.05) is 5.02 Å². The van der Waals surface area contributed by atoms with Gasteiger partial charge in [0.05, 0.1) is 25.6 Å². The molecular formula is C20H19ClN4O3. The normalized spacial score (nSPS) is 10.3. The SMILES string of the molecule is COc1ccc(C)cc1NC(=O)c1ccc(Nc2cc(Cl)ccc2OC)nn1. The maximum Gasteiger partial charge on any atom is 0.276 e. The van der Waals surface area contributed by atoms with Gasteiger partial charge < -0.3 is 20.1 Å². The van der Waals surface area contributed by atoms with Crippen molar-refractivity contribution in [3.63, 3.8) is 0 Å². The maximum absolute atomic E-state index is 12.5. The minimum atomic E-state index is -0.386. The molecule has 0 aliphatic heterocycles. The molecule has 0 unspecified atom stereocenters. The van der Waals surface area contributed by atoms with Gasteiger partial charge in [-0.05, 0) is 55.0 Å². The average molecular weight is 399 g/mol. The number of anilines is 3. The maximum atomic E-state index is 12.5. The number of ether oxygens (including phenoxy) is 2. The molecule has 2 N–H and O–H groups in total. The van der Waals surface area contributed by atoms with Crippen molar-refractivity contribution in [1.29, 1.82) is 0 Å². The summed E-state index contributed by atoms with van der Waals surface area (Å²) in [4.78, 5) is 12.5. The largest absolute Gasteiger partial charge is 0.495 e. The quantitative estimate of drug-likeness (QED) is 0.638. The third kappa shape index (κ3) is 4.50. The lowest BCUT2D eigenvalue weighted by Gasteiger charge is -2.12. The van der Waals surface area contributed by atoms with Gasteiger partial charge in [-0.2, -0.15) is 0 Å². The molecule has 2 aromatic carbocycles. The van der Waals surface area contributed by atoms with E-state index >= 15 is 0 Å². The van der Waals surface area contributed by atoms with Crippen LogP contribution < -0.4 is 20.1 Å². The molecule has 0 saturated carbocycles. The lowest BCUT2D eigenvalue weighted by molar-refractivity contribution is 0.102. The Morgan fingerprint density at radius 1 is 0.929 bits per heavy atom. The fraction of sp³-hybridized carbons (Fsp3) is 0.150. The van der Waals surface area contributed by atoms with E-state index in [4.69, 9.17) is 21.1 Å². The van der Waals surface area contributed by atoms with E-state index < -0.39 is 0 Å². The standard InChI is InChI=1S/C20H19ClN4O3/c1-12-4-7-17(27-2)15(10-12)23-20(26)14-6-9-19(25-24-14)22-16-11-13(21)5-8-18(16)28-3/h4-11H,1-3H3,(H,22,25)(H,23,26). The molecule has 0 aliphatic carbocycles. The van der Waals surface area contributed by atoms with Gasteiger partial charge in [-0.25, -0.2) is 0 Å². The van der Waals surface area contributed by atoms with Gasteiger partial charge in [0.25, 0.3) is 5.91 Å². The van der Waals surface area contributed by atoms with Crippen molar-refractivity contribution in [1.82, 2.24) is 10.2 Å². The summed E-state index contributed by atoms with van der Waals surface area (Å²) in [6.45, 7) is 1.93. The van der Waals surface area contributed by atoms with E-state index in [1.54, 1.807) is 50.6 Å². The molecule has 8 heteroatoms. The Morgan fingerprint density at radius 3 is 2.32 bits per heavy atom. The Hall–Kier alpha value is -3.32. The second-order valence-electron chi connectivity index (χ2n) is 5.93. The number of amides is 1. The third-order valence-corrected chi connectivity index (χ3v) is 4.16. The first-order valence-electron chi connectivity index (χ1n) is 8.40. The van der Waals surface area contributed by atoms with Crippen LogP contribution in [-0.2, 0) is 0 Å². The highest BCUT2D eigenvalue weighted by atomic mass is 35.5. The highest BCUT2D eigenvalue weighted by Gasteiger charge is 2.13. The molecule has 3 aromatic rings. The number of carbonyl (C=O) groups excluding carboxylic acids is 1. The molecular weight excluding hydrogens is 380 g/mol. The van der Waals surface area contributed by atoms with Crippen LogP contribution in [0.1, 0.15) is 16.1 Å². The number of aromatic nitrogens is 2. The first kappa shape index (κ1) is 19.4. The van der Waals surface area contributed by atoms with Crippen molar-refractivity contribution in [3.05, 3.63) is 64.8 Å². The number of hydrogen-bond acceptors (Lipinski definition) is 6. The number of benzene rings is 2. The molecule has 0 fully saturated rings. The van der Waals surface area contributed by atoms with Gasteiger partial charge in [0.15, 0.2) is 11.5 Å². The number of rotatable bonds is 6. The zero-order chi connectivity index (χ0) is 20.1. The van der Waals surface area contributed by atoms with E-state index in [2.05, 4.69) is 20.8 Å². The summed E-state index contributed by atoms with van der Waals surface area (Å²) in [5, 5.41) is 14.5. The monoisotopic (exact) mass is 398 g/mol. The molecule has 1 heterocycles. The van der Waals surface area contributed by atoms with Crippen LogP contribution in [-0.4, -0.2) is 30.3 Å². The summed E-state index contributed by atoms with van der Waals surface area (Å²) in [6.07, 6.45) is 0. The molecule has 0 bridgehead atoms. The van der Waals surface area contributed by atoms with Gasteiger partial charge in [-0.3, -0.25) is 4.79 Å². The lowest BCUT2D eigenvalue weighted by Crippen LogP contribution is -2.15. The van der Waals surface area contributed by atoms with Crippen LogP contribution in [0.25, 0.3) is 0 Å². The smallest absolute Gasteiger partial charge is 0.276 e. The van der Waals surface area contributed by atoms with Crippen LogP contribution >= 0.6 is 11.6 Å². The van der Waals surface area contributed by atoms with Crippen LogP contribution in [0.3, 0.4) is 0 Å². The molecule has 144 valence electrons. The Bertz CT molecular complexity index is 993. The average Bonchev–Trinajstić information content (AvgIpc) is 2.69. The second kappa shape index (κ2) is 8.58. The summed E-state index contributed by atoms with van der Waals surface area (Å²) < 4.78 is 10.6. The van der Waals surface area contributed by atoms with Crippen molar-refractivity contribution < 1.29 is 14.3 Å². The van der Waals surface area contributed by atoms with E-state index in [-0.39, 0.29) is 11.6 Å². The number of aryl methyl sites for hydroxylation is 1. The number of nitrogens with zero attached hydrogens (tertiary/aromatic N) is 2. The molecule has 7 nitrogen and oxygen atoms in total. The molecule has 0 radical (unpaired) electrons. The minimum absolute atomic E-state index is 0.173. The van der Waals surface area contributed by atoms with E-state index in [0.29, 0.717) is 33.7 Å². The summed E-state index contributed by atoms with van der Waals surface area (Å²) in [7, 11) is 3.11. The number of halogens is 1. The lowest BCUT2D eigenvalue weighted by atomic mass is 10.2. The summed E-state index contributed by atoms with van der Waals surface area (Å²) >= 11 is 6.02. The van der Waals surface area contributed by atoms with Crippen molar-refractivity contribution in [3.8, 4) is 11.5 Å². The topological polar surface area (TPSA) is 85.4 Å². The summed E-state index contributed by atoms with van der Waals surface area (Å²) in [6, 6.07) is 13.9. The van der Waals surface area contributed by atoms with Gasteiger partial charge in [0.1, 0.15) is 11.5 Å². The summed E-state index contributed by atoms with van der Waals surface area (Å²) in [5.41, 5.74) is 2.38. The van der Waals surface area contributed by atoms with Crippen molar-refractivity contribution in [2.45, 2.75) is 6.92 Å². The molecule has 0 saturated heterocycles. The predicted molar refractivity (Wildman–Crippen MR) is 109 cm³/mol. The first-order chi connectivity index (χ1) is 13.5. The Kier molecular flexibility index (Phi) is 5.96. The second-order valence-corrected chi connectivity index (χ2v) is 6.37. The minimum Gasteiger partial charge on any atom is -0.495 e. The zero-order valence-electron chi connectivity index (χ0n) is 15.6. The van der Waals surface area contributed by atoms with Gasteiger partial charge >= 0.3 is 0 Å². The van der Waals surface area contributed by atoms with E-state index in [0.717, 1.165) is 5.56 Å². The molecule has 3 rings (SSSR count). The molecule has 0 atom stereocenters. The number of nitrogens with one attached hydrogen (secondary N) is 2. The van der Waals surface area contributed by atoms with Crippen molar-refractivity contribution in [2.75, 3.05) is 24.9 Å². The molecule has 1 aromatic heterocycles. The van der Waals surface area contributed by atoms with E-state index in [1.807, 2.05) is 19.1 Å². The number of methoxy groups -OCH3 is 2. The van der Waals surface area contributed by atoms with Crippen LogP contribution in [0.4, 0.5) is 17.2 Å². The predicted octanol–water partition coefficient (Wildman–Crippen LogP) is 4.45. The number of hydrogen-bond donors (Lipinski definition) is 2. The van der Waals surface area contributed by atoms with Crippen molar-refractivity contribution in [2.24, 2.45) is 0 Å². The van der Waals surface area contributed by atoms with Gasteiger partial charge in [-0.15, -0.1) is 10.2 Å². The van der Waals surface area contributed by atoms with Crippen LogP contribution in [0.5, 0.6) is 11.5 Å².